The number of nitrogens with one attached hydrogen (secondary N) is 2. The van der Waals surface area contributed by atoms with Crippen LogP contribution in [0.2, 0.25) is 0 Å². The maximum absolute atomic E-state index is 12.4. The summed E-state index contributed by atoms with van der Waals surface area (Å²) in [5, 5.41) is 9.46. The molecule has 7 nitrogen and oxygen atoms in total. The average Bonchev–Trinajstić information content (AvgIpc) is 2.80. The van der Waals surface area contributed by atoms with Crippen LogP contribution in [0.15, 0.2) is 24.3 Å². The quantitative estimate of drug-likeness (QED) is 0.892. The zero-order valence-electron chi connectivity index (χ0n) is 12.9. The highest BCUT2D eigenvalue weighted by atomic mass is 16.5. The molecule has 0 radical (unpaired) electrons. The van der Waals surface area contributed by atoms with Gasteiger partial charge in [0.2, 0.25) is 0 Å². The minimum atomic E-state index is -0.333. The monoisotopic (exact) mass is 302 g/mol. The summed E-state index contributed by atoms with van der Waals surface area (Å²) < 4.78 is 6.54. The fourth-order valence-electron chi connectivity index (χ4n) is 2.14. The van der Waals surface area contributed by atoms with Gasteiger partial charge in [-0.05, 0) is 25.1 Å². The van der Waals surface area contributed by atoms with Crippen LogP contribution in [-0.4, -0.2) is 35.8 Å². The van der Waals surface area contributed by atoms with E-state index in [1.165, 1.54) is 18.8 Å². The number of aromatic nitrogens is 2. The van der Waals surface area contributed by atoms with Gasteiger partial charge in [0, 0.05) is 19.7 Å². The third-order valence-corrected chi connectivity index (χ3v) is 3.23. The summed E-state index contributed by atoms with van der Waals surface area (Å²) in [6, 6.07) is 6.77. The van der Waals surface area contributed by atoms with Crippen molar-refractivity contribution in [2.45, 2.75) is 6.92 Å². The van der Waals surface area contributed by atoms with Gasteiger partial charge in [-0.1, -0.05) is 6.07 Å². The Labute approximate surface area is 128 Å². The Balaban J connectivity index is 2.34. The Morgan fingerprint density at radius 3 is 2.64 bits per heavy atom. The maximum atomic E-state index is 12.4. The lowest BCUT2D eigenvalue weighted by atomic mass is 10.2. The Morgan fingerprint density at radius 1 is 1.27 bits per heavy atom. The Kier molecular flexibility index (Phi) is 4.45. The van der Waals surface area contributed by atoms with Crippen molar-refractivity contribution in [1.82, 2.24) is 15.1 Å². The third kappa shape index (κ3) is 2.93. The Bertz CT molecular complexity index is 722. The lowest BCUT2D eigenvalue weighted by Gasteiger charge is -2.08. The van der Waals surface area contributed by atoms with E-state index in [0.717, 1.165) is 0 Å². The molecule has 1 aromatic heterocycles. The van der Waals surface area contributed by atoms with Gasteiger partial charge in [0.15, 0.2) is 0 Å². The normalized spacial score (nSPS) is 10.2. The number of anilines is 1. The first-order chi connectivity index (χ1) is 10.5. The number of carbonyl (C=O) groups is 2. The van der Waals surface area contributed by atoms with E-state index in [9.17, 15) is 9.59 Å². The number of ether oxygens (including phenoxy) is 1. The predicted octanol–water partition coefficient (Wildman–Crippen LogP) is 1.35. The molecular formula is C15H18N4O3. The van der Waals surface area contributed by atoms with Gasteiger partial charge in [-0.3, -0.25) is 14.3 Å². The number of methoxy groups -OCH3 is 1. The number of nitrogens with zero attached hydrogens (tertiary/aromatic N) is 2. The Morgan fingerprint density at radius 2 is 2.00 bits per heavy atom. The van der Waals surface area contributed by atoms with Crippen LogP contribution in [0, 0.1) is 6.92 Å². The van der Waals surface area contributed by atoms with Crippen LogP contribution in [0.25, 0.3) is 0 Å². The van der Waals surface area contributed by atoms with Crippen LogP contribution in [-0.2, 0) is 7.05 Å². The standard InChI is InChI=1S/C15H18N4O3/c1-9-12(13(15(21)16-2)19(3)18-9)17-14(20)10-6-5-7-11(8-10)22-4/h5-8H,1-4H3,(H,16,21)(H,17,20). The highest BCUT2D eigenvalue weighted by Gasteiger charge is 2.21. The number of aryl methyl sites for hydroxylation is 2. The molecule has 0 fully saturated rings. The molecule has 116 valence electrons. The van der Waals surface area contributed by atoms with Gasteiger partial charge in [-0.15, -0.1) is 0 Å². The van der Waals surface area contributed by atoms with E-state index in [4.69, 9.17) is 4.74 Å². The largest absolute Gasteiger partial charge is 0.497 e. The Hall–Kier alpha value is -2.83. The lowest BCUT2D eigenvalue weighted by Crippen LogP contribution is -2.23. The first kappa shape index (κ1) is 15.6. The minimum Gasteiger partial charge on any atom is -0.497 e. The number of hydrogen-bond donors (Lipinski definition) is 2. The fourth-order valence-corrected chi connectivity index (χ4v) is 2.14. The predicted molar refractivity (Wildman–Crippen MR) is 82.3 cm³/mol. The van der Waals surface area contributed by atoms with Crippen molar-refractivity contribution in [2.75, 3.05) is 19.5 Å². The van der Waals surface area contributed by atoms with Crippen LogP contribution in [0.3, 0.4) is 0 Å². The first-order valence-corrected chi connectivity index (χ1v) is 6.69. The molecule has 0 bridgehead atoms. The highest BCUT2D eigenvalue weighted by Crippen LogP contribution is 2.21. The van der Waals surface area contributed by atoms with Crippen LogP contribution in [0.1, 0.15) is 26.5 Å². The summed E-state index contributed by atoms with van der Waals surface area (Å²) in [6.45, 7) is 1.73. The molecule has 0 atom stereocenters. The zero-order valence-corrected chi connectivity index (χ0v) is 12.9. The van der Waals surface area contributed by atoms with Crippen LogP contribution >= 0.6 is 0 Å². The molecule has 0 saturated carbocycles. The molecule has 0 spiro atoms. The van der Waals surface area contributed by atoms with Gasteiger partial charge in [0.05, 0.1) is 18.5 Å². The molecule has 0 aliphatic carbocycles. The molecule has 2 N–H and O–H groups in total. The van der Waals surface area contributed by atoms with Crippen LogP contribution < -0.4 is 15.4 Å². The van der Waals surface area contributed by atoms with Crippen molar-refractivity contribution in [2.24, 2.45) is 7.05 Å². The van der Waals surface area contributed by atoms with Gasteiger partial charge >= 0.3 is 0 Å². The molecule has 2 rings (SSSR count). The SMILES string of the molecule is CNC(=O)c1c(NC(=O)c2cccc(OC)c2)c(C)nn1C. The van der Waals surface area contributed by atoms with Crippen LogP contribution in [0.4, 0.5) is 5.69 Å². The summed E-state index contributed by atoms with van der Waals surface area (Å²) in [7, 11) is 4.71. The summed E-state index contributed by atoms with van der Waals surface area (Å²) >= 11 is 0. The molecular weight excluding hydrogens is 284 g/mol. The molecule has 2 amide bonds. The maximum Gasteiger partial charge on any atom is 0.271 e. The zero-order chi connectivity index (χ0) is 16.3. The summed E-state index contributed by atoms with van der Waals surface area (Å²) in [5.41, 5.74) is 1.70. The third-order valence-electron chi connectivity index (χ3n) is 3.23. The first-order valence-electron chi connectivity index (χ1n) is 6.69. The second-order valence-corrected chi connectivity index (χ2v) is 4.70. The van der Waals surface area contributed by atoms with E-state index in [1.54, 1.807) is 38.2 Å². The van der Waals surface area contributed by atoms with E-state index < -0.39 is 0 Å². The van der Waals surface area contributed by atoms with Crippen molar-refractivity contribution in [3.63, 3.8) is 0 Å². The van der Waals surface area contributed by atoms with Crippen molar-refractivity contribution >= 4 is 17.5 Å². The van der Waals surface area contributed by atoms with Crippen molar-refractivity contribution in [3.05, 3.63) is 41.2 Å². The number of amides is 2. The molecule has 0 saturated heterocycles. The van der Waals surface area contributed by atoms with Gasteiger partial charge in [0.25, 0.3) is 11.8 Å². The molecule has 0 aliphatic rings. The molecule has 0 aliphatic heterocycles. The highest BCUT2D eigenvalue weighted by molar-refractivity contribution is 6.09. The van der Waals surface area contributed by atoms with Gasteiger partial charge in [0.1, 0.15) is 11.4 Å². The van der Waals surface area contributed by atoms with Crippen LogP contribution in [0.5, 0.6) is 5.75 Å². The smallest absolute Gasteiger partial charge is 0.271 e. The van der Waals surface area contributed by atoms with Crippen molar-refractivity contribution in [1.29, 1.82) is 0 Å². The van der Waals surface area contributed by atoms with Gasteiger partial charge in [-0.25, -0.2) is 0 Å². The van der Waals surface area contributed by atoms with Crippen molar-refractivity contribution in [3.8, 4) is 5.75 Å². The molecule has 22 heavy (non-hydrogen) atoms. The number of hydrogen-bond acceptors (Lipinski definition) is 4. The summed E-state index contributed by atoms with van der Waals surface area (Å²) in [5.74, 6) is -0.0636. The van der Waals surface area contributed by atoms with E-state index >= 15 is 0 Å². The summed E-state index contributed by atoms with van der Waals surface area (Å²) in [6.07, 6.45) is 0. The second-order valence-electron chi connectivity index (χ2n) is 4.70. The number of carbonyl (C=O) groups excluding carboxylic acids is 2. The number of benzene rings is 1. The van der Waals surface area contributed by atoms with Gasteiger partial charge in [-0.2, -0.15) is 5.10 Å². The summed E-state index contributed by atoms with van der Waals surface area (Å²) in [4.78, 5) is 24.3. The lowest BCUT2D eigenvalue weighted by molar-refractivity contribution is 0.0954. The topological polar surface area (TPSA) is 85.2 Å². The molecule has 1 aromatic carbocycles. The average molecular weight is 302 g/mol. The molecule has 2 aromatic rings. The van der Waals surface area contributed by atoms with Crippen molar-refractivity contribution < 1.29 is 14.3 Å². The van der Waals surface area contributed by atoms with E-state index in [0.29, 0.717) is 28.4 Å². The molecule has 0 unspecified atom stereocenters. The van der Waals surface area contributed by atoms with E-state index in [-0.39, 0.29) is 11.8 Å². The van der Waals surface area contributed by atoms with Gasteiger partial charge < -0.3 is 15.4 Å². The van der Waals surface area contributed by atoms with E-state index in [1.807, 2.05) is 0 Å². The number of rotatable bonds is 4. The molecule has 1 heterocycles. The van der Waals surface area contributed by atoms with E-state index in [2.05, 4.69) is 15.7 Å². The second kappa shape index (κ2) is 6.30. The molecule has 7 heteroatoms. The fraction of sp³-hybridized carbons (Fsp3) is 0.267. The minimum absolute atomic E-state index is 0.302.